The number of carbonyl (C=O) groups is 2. The monoisotopic (exact) mass is 209 g/mol. The molecule has 1 aromatic rings. The summed E-state index contributed by atoms with van der Waals surface area (Å²) in [6.45, 7) is 3.66. The highest BCUT2D eigenvalue weighted by atomic mass is 16.3. The molecule has 1 rings (SSSR count). The van der Waals surface area contributed by atoms with E-state index in [9.17, 15) is 9.59 Å². The zero-order chi connectivity index (χ0) is 11.4. The van der Waals surface area contributed by atoms with Gasteiger partial charge in [-0.15, -0.1) is 0 Å². The highest BCUT2D eigenvalue weighted by Crippen LogP contribution is 2.09. The number of rotatable bonds is 4. The number of ketones is 1. The van der Waals surface area contributed by atoms with E-state index in [4.69, 9.17) is 4.42 Å². The lowest BCUT2D eigenvalue weighted by Crippen LogP contribution is -2.27. The van der Waals surface area contributed by atoms with Crippen molar-refractivity contribution in [1.29, 1.82) is 0 Å². The molecular weight excluding hydrogens is 194 g/mol. The Bertz CT molecular complexity index is 368. The van der Waals surface area contributed by atoms with Crippen LogP contribution in [0.2, 0.25) is 0 Å². The summed E-state index contributed by atoms with van der Waals surface area (Å²) in [6, 6.07) is 3.67. The van der Waals surface area contributed by atoms with Crippen molar-refractivity contribution in [2.75, 3.05) is 7.05 Å². The van der Waals surface area contributed by atoms with E-state index in [1.165, 1.54) is 11.8 Å². The minimum atomic E-state index is -0.184. The molecule has 0 atom stereocenters. The molecule has 0 aliphatic rings. The van der Waals surface area contributed by atoms with Crippen molar-refractivity contribution in [1.82, 2.24) is 4.90 Å². The van der Waals surface area contributed by atoms with Crippen molar-refractivity contribution < 1.29 is 14.0 Å². The number of hydrogen-bond acceptors (Lipinski definition) is 3. The summed E-state index contributed by atoms with van der Waals surface area (Å²) < 4.78 is 5.33. The first-order chi connectivity index (χ1) is 6.99. The van der Waals surface area contributed by atoms with Crippen molar-refractivity contribution in [3.63, 3.8) is 0 Å². The molecule has 0 aliphatic heterocycles. The Balaban J connectivity index is 2.51. The Morgan fingerprint density at radius 1 is 1.40 bits per heavy atom. The molecule has 0 aromatic carbocycles. The maximum atomic E-state index is 11.4. The van der Waals surface area contributed by atoms with E-state index in [1.807, 2.05) is 19.1 Å². The second-order valence-corrected chi connectivity index (χ2v) is 3.64. The molecule has 0 saturated carbocycles. The van der Waals surface area contributed by atoms with Crippen LogP contribution in [-0.4, -0.2) is 23.6 Å². The molecule has 82 valence electrons. The molecule has 0 aliphatic carbocycles. The fourth-order valence-electron chi connectivity index (χ4n) is 1.24. The molecule has 1 amide bonds. The molecule has 4 heteroatoms. The summed E-state index contributed by atoms with van der Waals surface area (Å²) in [6.07, 6.45) is -0.0454. The molecule has 4 nitrogen and oxygen atoms in total. The summed E-state index contributed by atoms with van der Waals surface area (Å²) in [5.41, 5.74) is 0. The van der Waals surface area contributed by atoms with Crippen LogP contribution >= 0.6 is 0 Å². The average molecular weight is 209 g/mol. The molecule has 0 saturated heterocycles. The van der Waals surface area contributed by atoms with Gasteiger partial charge in [0.1, 0.15) is 17.3 Å². The van der Waals surface area contributed by atoms with E-state index < -0.39 is 0 Å². The first-order valence-electron chi connectivity index (χ1n) is 4.77. The van der Waals surface area contributed by atoms with E-state index in [0.29, 0.717) is 6.54 Å². The minimum Gasteiger partial charge on any atom is -0.464 e. The predicted molar refractivity (Wildman–Crippen MR) is 55.2 cm³/mol. The summed E-state index contributed by atoms with van der Waals surface area (Å²) in [7, 11) is 1.66. The third-order valence-electron chi connectivity index (χ3n) is 2.01. The summed E-state index contributed by atoms with van der Waals surface area (Å²) in [5, 5.41) is 0. The Kier molecular flexibility index (Phi) is 3.66. The number of furan rings is 1. The van der Waals surface area contributed by atoms with Crippen molar-refractivity contribution in [2.24, 2.45) is 0 Å². The molecule has 0 unspecified atom stereocenters. The van der Waals surface area contributed by atoms with E-state index in [2.05, 4.69) is 0 Å². The van der Waals surface area contributed by atoms with Crippen molar-refractivity contribution in [3.05, 3.63) is 23.7 Å². The predicted octanol–water partition coefficient (Wildman–Crippen LogP) is 1.53. The van der Waals surface area contributed by atoms with Gasteiger partial charge in [-0.3, -0.25) is 9.59 Å². The van der Waals surface area contributed by atoms with Crippen molar-refractivity contribution in [3.8, 4) is 0 Å². The van der Waals surface area contributed by atoms with Crippen LogP contribution in [-0.2, 0) is 16.1 Å². The molecule has 1 aromatic heterocycles. The standard InChI is InChI=1S/C11H15NO3/c1-8(13)6-11(14)12(3)7-10-5-4-9(2)15-10/h4-5H,6-7H2,1-3H3. The molecule has 0 radical (unpaired) electrons. The van der Waals surface area contributed by atoms with Crippen LogP contribution in [0.4, 0.5) is 0 Å². The SMILES string of the molecule is CC(=O)CC(=O)N(C)Cc1ccc(C)o1. The van der Waals surface area contributed by atoms with Crippen LogP contribution in [0.25, 0.3) is 0 Å². The normalized spacial score (nSPS) is 10.1. The van der Waals surface area contributed by atoms with E-state index >= 15 is 0 Å². The van der Waals surface area contributed by atoms with Gasteiger partial charge >= 0.3 is 0 Å². The van der Waals surface area contributed by atoms with E-state index in [-0.39, 0.29) is 18.1 Å². The number of aryl methyl sites for hydroxylation is 1. The maximum Gasteiger partial charge on any atom is 0.230 e. The highest BCUT2D eigenvalue weighted by Gasteiger charge is 2.12. The van der Waals surface area contributed by atoms with Crippen LogP contribution in [0.1, 0.15) is 24.9 Å². The Morgan fingerprint density at radius 2 is 2.07 bits per heavy atom. The smallest absolute Gasteiger partial charge is 0.230 e. The fourth-order valence-corrected chi connectivity index (χ4v) is 1.24. The average Bonchev–Trinajstić information content (AvgIpc) is 2.50. The number of hydrogen-bond donors (Lipinski definition) is 0. The van der Waals surface area contributed by atoms with Crippen LogP contribution in [0.5, 0.6) is 0 Å². The Hall–Kier alpha value is -1.58. The summed E-state index contributed by atoms with van der Waals surface area (Å²) in [4.78, 5) is 23.7. The lowest BCUT2D eigenvalue weighted by Gasteiger charge is -2.14. The van der Waals surface area contributed by atoms with Gasteiger partial charge in [0.05, 0.1) is 13.0 Å². The van der Waals surface area contributed by atoms with E-state index in [1.54, 1.807) is 7.05 Å². The third kappa shape index (κ3) is 3.58. The van der Waals surface area contributed by atoms with Gasteiger partial charge in [0.25, 0.3) is 0 Å². The van der Waals surface area contributed by atoms with E-state index in [0.717, 1.165) is 11.5 Å². The summed E-state index contributed by atoms with van der Waals surface area (Å²) in [5.74, 6) is 1.24. The van der Waals surface area contributed by atoms with Crippen LogP contribution in [0.15, 0.2) is 16.5 Å². The lowest BCUT2D eigenvalue weighted by molar-refractivity contribution is -0.134. The molecule has 0 N–H and O–H groups in total. The zero-order valence-corrected chi connectivity index (χ0v) is 9.24. The van der Waals surface area contributed by atoms with Gasteiger partial charge in [-0.1, -0.05) is 0 Å². The number of carbonyl (C=O) groups excluding carboxylic acids is 2. The fraction of sp³-hybridized carbons (Fsp3) is 0.455. The Morgan fingerprint density at radius 3 is 2.53 bits per heavy atom. The van der Waals surface area contributed by atoms with Crippen LogP contribution < -0.4 is 0 Å². The quantitative estimate of drug-likeness (QED) is 0.706. The second-order valence-electron chi connectivity index (χ2n) is 3.64. The molecule has 0 fully saturated rings. The van der Waals surface area contributed by atoms with Gasteiger partial charge in [-0.2, -0.15) is 0 Å². The van der Waals surface area contributed by atoms with Gasteiger partial charge < -0.3 is 9.32 Å². The van der Waals surface area contributed by atoms with Crippen molar-refractivity contribution in [2.45, 2.75) is 26.8 Å². The Labute approximate surface area is 88.9 Å². The topological polar surface area (TPSA) is 50.5 Å². The first kappa shape index (κ1) is 11.5. The summed E-state index contributed by atoms with van der Waals surface area (Å²) >= 11 is 0. The largest absolute Gasteiger partial charge is 0.464 e. The third-order valence-corrected chi connectivity index (χ3v) is 2.01. The van der Waals surface area contributed by atoms with Crippen LogP contribution in [0, 0.1) is 6.92 Å². The number of nitrogens with zero attached hydrogens (tertiary/aromatic N) is 1. The minimum absolute atomic E-state index is 0.0454. The molecular formula is C11H15NO3. The van der Waals surface area contributed by atoms with Gasteiger partial charge in [0.2, 0.25) is 5.91 Å². The molecule has 1 heterocycles. The first-order valence-corrected chi connectivity index (χ1v) is 4.77. The lowest BCUT2D eigenvalue weighted by atomic mass is 10.3. The maximum absolute atomic E-state index is 11.4. The van der Waals surface area contributed by atoms with Gasteiger partial charge in [0, 0.05) is 7.05 Å². The zero-order valence-electron chi connectivity index (χ0n) is 9.24. The number of Topliss-reactive ketones (excluding diaryl/α,β-unsaturated/α-hetero) is 1. The molecule has 15 heavy (non-hydrogen) atoms. The van der Waals surface area contributed by atoms with Crippen molar-refractivity contribution >= 4 is 11.7 Å². The molecule has 0 spiro atoms. The van der Waals surface area contributed by atoms with Gasteiger partial charge in [0.15, 0.2) is 0 Å². The molecule has 0 bridgehead atoms. The van der Waals surface area contributed by atoms with Crippen LogP contribution in [0.3, 0.4) is 0 Å². The second kappa shape index (κ2) is 4.77. The number of amides is 1. The highest BCUT2D eigenvalue weighted by molar-refractivity contribution is 5.96. The van der Waals surface area contributed by atoms with Gasteiger partial charge in [-0.25, -0.2) is 0 Å². The van der Waals surface area contributed by atoms with Gasteiger partial charge in [-0.05, 0) is 26.0 Å².